The van der Waals surface area contributed by atoms with E-state index in [1.54, 1.807) is 19.2 Å². The molecule has 180 valence electrons. The lowest BCUT2D eigenvalue weighted by Gasteiger charge is -2.36. The van der Waals surface area contributed by atoms with Gasteiger partial charge in [0.25, 0.3) is 0 Å². The van der Waals surface area contributed by atoms with Crippen LogP contribution < -0.4 is 10.1 Å². The van der Waals surface area contributed by atoms with E-state index in [1.807, 2.05) is 18.2 Å². The van der Waals surface area contributed by atoms with Crippen LogP contribution >= 0.6 is 0 Å². The predicted molar refractivity (Wildman–Crippen MR) is 124 cm³/mol. The molecule has 2 N–H and O–H groups in total. The number of nitrogens with one attached hydrogen (secondary N) is 2. The number of carbonyl (C=O) groups is 1. The molecule has 0 fully saturated rings. The number of aromatic amines is 1. The zero-order valence-corrected chi connectivity index (χ0v) is 18.6. The Balaban J connectivity index is 1.58. The highest BCUT2D eigenvalue weighted by molar-refractivity contribution is 5.92. The average Bonchev–Trinajstić information content (AvgIpc) is 3.21. The molecule has 5 rings (SSSR count). The summed E-state index contributed by atoms with van der Waals surface area (Å²) in [6.07, 6.45) is -4.14. The van der Waals surface area contributed by atoms with Crippen LogP contribution in [0.25, 0.3) is 10.9 Å². The van der Waals surface area contributed by atoms with Gasteiger partial charge in [-0.05, 0) is 60.0 Å². The van der Waals surface area contributed by atoms with Crippen molar-refractivity contribution in [3.63, 3.8) is 0 Å². The summed E-state index contributed by atoms with van der Waals surface area (Å²) in [7, 11) is 1.58. The Bertz CT molecular complexity index is 1400. The molecule has 0 saturated carbocycles. The van der Waals surface area contributed by atoms with Crippen LogP contribution in [-0.2, 0) is 12.6 Å². The largest absolute Gasteiger partial charge is 0.497 e. The van der Waals surface area contributed by atoms with Gasteiger partial charge in [-0.25, -0.2) is 9.18 Å². The van der Waals surface area contributed by atoms with E-state index in [-0.39, 0.29) is 12.2 Å². The van der Waals surface area contributed by atoms with Gasteiger partial charge in [-0.3, -0.25) is 0 Å². The number of fused-ring (bicyclic) bond motifs is 3. The summed E-state index contributed by atoms with van der Waals surface area (Å²) < 4.78 is 59.5. The molecule has 5 nitrogen and oxygen atoms in total. The van der Waals surface area contributed by atoms with Gasteiger partial charge in [-0.15, -0.1) is 0 Å². The number of urea groups is 1. The maximum atomic E-state index is 13.7. The number of benzene rings is 3. The third-order valence-corrected chi connectivity index (χ3v) is 6.25. The Kier molecular flexibility index (Phi) is 5.62. The van der Waals surface area contributed by atoms with Crippen molar-refractivity contribution in [2.24, 2.45) is 0 Å². The molecule has 0 saturated heterocycles. The molecule has 35 heavy (non-hydrogen) atoms. The summed E-state index contributed by atoms with van der Waals surface area (Å²) in [6.45, 7) is 0.249. The number of anilines is 1. The van der Waals surface area contributed by atoms with Crippen LogP contribution in [0.2, 0.25) is 0 Å². The first-order valence-corrected chi connectivity index (χ1v) is 10.9. The summed E-state index contributed by atoms with van der Waals surface area (Å²) in [6, 6.07) is 14.8. The molecular formula is C26H21F4N3O2. The molecule has 0 unspecified atom stereocenters. The molecule has 1 atom stereocenters. The van der Waals surface area contributed by atoms with Gasteiger partial charge in [0, 0.05) is 23.1 Å². The van der Waals surface area contributed by atoms with Crippen molar-refractivity contribution in [1.82, 2.24) is 9.88 Å². The number of nitrogens with zero attached hydrogens (tertiary/aromatic N) is 1. The lowest BCUT2D eigenvalue weighted by molar-refractivity contribution is -0.136. The predicted octanol–water partition coefficient (Wildman–Crippen LogP) is 6.51. The number of hydrogen-bond donors (Lipinski definition) is 2. The van der Waals surface area contributed by atoms with Crippen LogP contribution in [0, 0.1) is 5.82 Å². The smallest absolute Gasteiger partial charge is 0.418 e. The van der Waals surface area contributed by atoms with Crippen molar-refractivity contribution < 1.29 is 27.1 Å². The second-order valence-corrected chi connectivity index (χ2v) is 8.30. The standard InChI is InChI=1S/C26H21F4N3O2/c1-35-17-10-11-21-19(14-17)18-12-13-33(24(23(18)31-21)15-6-8-16(27)9-7-15)25(34)32-22-5-3-2-4-20(22)26(28,29)30/h2-11,14,24,31H,12-13H2,1H3,(H,32,34)/t24-/m1/s1. The lowest BCUT2D eigenvalue weighted by Crippen LogP contribution is -2.43. The number of para-hydroxylation sites is 1. The minimum atomic E-state index is -4.62. The fraction of sp³-hybridized carbons (Fsp3) is 0.192. The van der Waals surface area contributed by atoms with E-state index in [1.165, 1.54) is 35.2 Å². The summed E-state index contributed by atoms with van der Waals surface area (Å²) in [4.78, 5) is 18.2. The van der Waals surface area contributed by atoms with Gasteiger partial charge >= 0.3 is 12.2 Å². The fourth-order valence-corrected chi connectivity index (χ4v) is 4.63. The third-order valence-electron chi connectivity index (χ3n) is 6.25. The first kappa shape index (κ1) is 22.8. The Hall–Kier alpha value is -4.01. The Labute approximate surface area is 198 Å². The number of aromatic nitrogens is 1. The quantitative estimate of drug-likeness (QED) is 0.326. The molecule has 0 aliphatic carbocycles. The van der Waals surface area contributed by atoms with Crippen molar-refractivity contribution in [1.29, 1.82) is 0 Å². The molecule has 2 heterocycles. The number of carbonyl (C=O) groups excluding carboxylic acids is 1. The molecule has 0 spiro atoms. The summed E-state index contributed by atoms with van der Waals surface area (Å²) >= 11 is 0. The highest BCUT2D eigenvalue weighted by Gasteiger charge is 2.37. The fourth-order valence-electron chi connectivity index (χ4n) is 4.63. The van der Waals surface area contributed by atoms with Crippen molar-refractivity contribution in [3.05, 3.63) is 94.9 Å². The minimum Gasteiger partial charge on any atom is -0.497 e. The van der Waals surface area contributed by atoms with Crippen LogP contribution in [0.15, 0.2) is 66.7 Å². The Morgan fingerprint density at radius 1 is 1.09 bits per heavy atom. The van der Waals surface area contributed by atoms with Gasteiger partial charge in [-0.2, -0.15) is 13.2 Å². The second-order valence-electron chi connectivity index (χ2n) is 8.30. The number of rotatable bonds is 3. The zero-order chi connectivity index (χ0) is 24.7. The maximum Gasteiger partial charge on any atom is 0.418 e. The highest BCUT2D eigenvalue weighted by atomic mass is 19.4. The molecule has 4 aromatic rings. The van der Waals surface area contributed by atoms with Gasteiger partial charge in [0.1, 0.15) is 11.6 Å². The molecule has 1 aliphatic rings. The Morgan fingerprint density at radius 3 is 2.54 bits per heavy atom. The summed E-state index contributed by atoms with van der Waals surface area (Å²) in [5.41, 5.74) is 1.92. The van der Waals surface area contributed by atoms with E-state index in [4.69, 9.17) is 4.74 Å². The van der Waals surface area contributed by atoms with E-state index < -0.39 is 29.6 Å². The Morgan fingerprint density at radius 2 is 1.83 bits per heavy atom. The van der Waals surface area contributed by atoms with Gasteiger partial charge in [0.15, 0.2) is 0 Å². The van der Waals surface area contributed by atoms with Crippen LogP contribution in [0.3, 0.4) is 0 Å². The number of methoxy groups -OCH3 is 1. The van der Waals surface area contributed by atoms with E-state index in [0.717, 1.165) is 28.2 Å². The minimum absolute atomic E-state index is 0.249. The molecule has 0 radical (unpaired) electrons. The van der Waals surface area contributed by atoms with Crippen molar-refractivity contribution in [3.8, 4) is 5.75 Å². The second kappa shape index (κ2) is 8.65. The number of hydrogen-bond acceptors (Lipinski definition) is 2. The van der Waals surface area contributed by atoms with Crippen molar-refractivity contribution in [2.45, 2.75) is 18.6 Å². The highest BCUT2D eigenvalue weighted by Crippen LogP contribution is 2.40. The third kappa shape index (κ3) is 4.18. The average molecular weight is 483 g/mol. The topological polar surface area (TPSA) is 57.4 Å². The molecule has 9 heteroatoms. The normalized spacial score (nSPS) is 15.7. The van der Waals surface area contributed by atoms with Crippen LogP contribution in [0.1, 0.15) is 28.4 Å². The van der Waals surface area contributed by atoms with Crippen molar-refractivity contribution >= 4 is 22.6 Å². The summed E-state index contributed by atoms with van der Waals surface area (Å²) in [5, 5.41) is 3.38. The molecule has 1 aliphatic heterocycles. The maximum absolute atomic E-state index is 13.7. The molecule has 0 bridgehead atoms. The summed E-state index contributed by atoms with van der Waals surface area (Å²) in [5.74, 6) is 0.253. The zero-order valence-electron chi connectivity index (χ0n) is 18.6. The molecule has 2 amide bonds. The van der Waals surface area contributed by atoms with Crippen LogP contribution in [0.4, 0.5) is 28.0 Å². The van der Waals surface area contributed by atoms with Gasteiger partial charge in [0.2, 0.25) is 0 Å². The number of ether oxygens (including phenoxy) is 1. The number of alkyl halides is 3. The van der Waals surface area contributed by atoms with E-state index in [2.05, 4.69) is 10.3 Å². The lowest BCUT2D eigenvalue weighted by atomic mass is 9.92. The SMILES string of the molecule is COc1ccc2[nH]c3c(c2c1)CCN(C(=O)Nc1ccccc1C(F)(F)F)[C@@H]3c1ccc(F)cc1. The number of H-pyrrole nitrogens is 1. The van der Waals surface area contributed by atoms with Gasteiger partial charge < -0.3 is 19.9 Å². The molecule has 1 aromatic heterocycles. The van der Waals surface area contributed by atoms with E-state index >= 15 is 0 Å². The first-order chi connectivity index (χ1) is 16.8. The molecular weight excluding hydrogens is 462 g/mol. The van der Waals surface area contributed by atoms with Crippen molar-refractivity contribution in [2.75, 3.05) is 19.0 Å². The van der Waals surface area contributed by atoms with E-state index in [0.29, 0.717) is 17.7 Å². The van der Waals surface area contributed by atoms with Crippen LogP contribution in [0.5, 0.6) is 5.75 Å². The van der Waals surface area contributed by atoms with Crippen LogP contribution in [-0.4, -0.2) is 29.6 Å². The van der Waals surface area contributed by atoms with Gasteiger partial charge in [-0.1, -0.05) is 24.3 Å². The van der Waals surface area contributed by atoms with Gasteiger partial charge in [0.05, 0.1) is 24.4 Å². The van der Waals surface area contributed by atoms with E-state index in [9.17, 15) is 22.4 Å². The first-order valence-electron chi connectivity index (χ1n) is 10.9. The number of amides is 2. The number of halogens is 4. The monoisotopic (exact) mass is 483 g/mol. The molecule has 3 aromatic carbocycles.